The molecule has 0 bridgehead atoms. The van der Waals surface area contributed by atoms with Gasteiger partial charge in [-0.1, -0.05) is 58.4 Å². The summed E-state index contributed by atoms with van der Waals surface area (Å²) in [6.07, 6.45) is 2.42. The highest BCUT2D eigenvalue weighted by molar-refractivity contribution is 5.98. The summed E-state index contributed by atoms with van der Waals surface area (Å²) in [7, 11) is 2.11. The normalized spacial score (nSPS) is 16.1. The van der Waals surface area contributed by atoms with Crippen molar-refractivity contribution in [1.82, 2.24) is 9.80 Å². The minimum Gasteiger partial charge on any atom is -0.336 e. The summed E-state index contributed by atoms with van der Waals surface area (Å²) in [6.45, 7) is 12.1. The van der Waals surface area contributed by atoms with Gasteiger partial charge in [-0.3, -0.25) is 4.79 Å². The van der Waals surface area contributed by atoms with Gasteiger partial charge < -0.3 is 9.80 Å². The highest BCUT2D eigenvalue weighted by Gasteiger charge is 2.20. The maximum atomic E-state index is 12.7. The van der Waals surface area contributed by atoms with E-state index in [2.05, 4.69) is 50.1 Å². The summed E-state index contributed by atoms with van der Waals surface area (Å²) < 4.78 is 0. The van der Waals surface area contributed by atoms with E-state index in [4.69, 9.17) is 0 Å². The molecule has 0 aromatic heterocycles. The van der Waals surface area contributed by atoms with E-state index >= 15 is 0 Å². The quantitative estimate of drug-likeness (QED) is 0.757. The summed E-state index contributed by atoms with van der Waals surface area (Å²) in [4.78, 5) is 17.0. The van der Waals surface area contributed by atoms with Gasteiger partial charge in [-0.15, -0.1) is 0 Å². The van der Waals surface area contributed by atoms with Crippen LogP contribution >= 0.6 is 0 Å². The first kappa shape index (κ1) is 20.4. The molecule has 1 atom stereocenters. The Morgan fingerprint density at radius 1 is 1.00 bits per heavy atom. The average molecular weight is 355 g/mol. The van der Waals surface area contributed by atoms with Gasteiger partial charge in [0.2, 0.25) is 0 Å². The number of fused-ring (bicyclic) bond motifs is 1. The summed E-state index contributed by atoms with van der Waals surface area (Å²) in [6, 6.07) is 12.8. The predicted molar refractivity (Wildman–Crippen MR) is 112 cm³/mol. The van der Waals surface area contributed by atoms with Gasteiger partial charge in [-0.25, -0.2) is 0 Å². The molecule has 2 aromatic rings. The molecule has 0 aliphatic carbocycles. The van der Waals surface area contributed by atoms with Crippen LogP contribution in [0.1, 0.15) is 62.4 Å². The number of hydrogen-bond donors (Lipinski definition) is 0. The first-order chi connectivity index (χ1) is 12.6. The van der Waals surface area contributed by atoms with E-state index in [9.17, 15) is 4.79 Å². The van der Waals surface area contributed by atoms with Crippen molar-refractivity contribution in [3.05, 3.63) is 47.5 Å². The molecular weight excluding hydrogens is 320 g/mol. The lowest BCUT2D eigenvalue weighted by molar-refractivity contribution is 0.0664. The predicted octanol–water partition coefficient (Wildman–Crippen LogP) is 5.16. The van der Waals surface area contributed by atoms with Crippen molar-refractivity contribution in [2.24, 2.45) is 0 Å². The number of hydrogen-bond acceptors (Lipinski definition) is 2. The molecule has 1 aliphatic heterocycles. The number of likely N-dealkylation sites (N-methyl/N-ethyl adjacent to an activating group) is 1. The second kappa shape index (κ2) is 9.72. The van der Waals surface area contributed by atoms with E-state index in [1.807, 2.05) is 30.9 Å². The maximum absolute atomic E-state index is 12.7. The lowest BCUT2D eigenvalue weighted by atomic mass is 9.94. The van der Waals surface area contributed by atoms with Crippen LogP contribution in [0.4, 0.5) is 0 Å². The Balaban J connectivity index is 0.00000117. The van der Waals surface area contributed by atoms with Gasteiger partial charge in [0.05, 0.1) is 0 Å². The Labute approximate surface area is 159 Å². The molecule has 1 saturated heterocycles. The third-order valence-electron chi connectivity index (χ3n) is 5.19. The average Bonchev–Trinajstić information content (AvgIpc) is 2.69. The number of amides is 1. The first-order valence-corrected chi connectivity index (χ1v) is 10.1. The Hall–Kier alpha value is -1.87. The van der Waals surface area contributed by atoms with Crippen LogP contribution in [0.5, 0.6) is 0 Å². The lowest BCUT2D eigenvalue weighted by Crippen LogP contribution is -2.47. The molecular formula is C23H34N2O. The van der Waals surface area contributed by atoms with Crippen molar-refractivity contribution >= 4 is 16.7 Å². The summed E-state index contributed by atoms with van der Waals surface area (Å²) in [5, 5.41) is 2.38. The maximum Gasteiger partial charge on any atom is 0.253 e. The molecule has 0 N–H and O–H groups in total. The third kappa shape index (κ3) is 4.85. The Bertz CT molecular complexity index is 717. The highest BCUT2D eigenvalue weighted by Crippen LogP contribution is 2.26. The zero-order valence-corrected chi connectivity index (χ0v) is 17.1. The van der Waals surface area contributed by atoms with E-state index in [0.717, 1.165) is 37.1 Å². The molecule has 0 spiro atoms. The summed E-state index contributed by atoms with van der Waals surface area (Å²) in [5.74, 6) is 0.750. The molecule has 26 heavy (non-hydrogen) atoms. The standard InChI is InChI=1S/C21H28N2O.C2H6/c1-4-5-16(2)17-6-7-19-15-20(9-8-18(19)14-17)21(24)23-12-10-22(3)11-13-23;1-2/h6-9,14-16H,4-5,10-13H2,1-3H3;1-2H3. The van der Waals surface area contributed by atoms with Crippen molar-refractivity contribution in [1.29, 1.82) is 0 Å². The molecule has 1 amide bonds. The highest BCUT2D eigenvalue weighted by atomic mass is 16.2. The molecule has 0 radical (unpaired) electrons. The molecule has 1 aliphatic rings. The van der Waals surface area contributed by atoms with E-state index in [0.29, 0.717) is 5.92 Å². The topological polar surface area (TPSA) is 23.6 Å². The number of rotatable bonds is 4. The van der Waals surface area contributed by atoms with E-state index in [1.165, 1.54) is 23.8 Å². The summed E-state index contributed by atoms with van der Waals surface area (Å²) >= 11 is 0. The van der Waals surface area contributed by atoms with Crippen molar-refractivity contribution < 1.29 is 4.79 Å². The fourth-order valence-electron chi connectivity index (χ4n) is 3.50. The Kier molecular flexibility index (Phi) is 7.65. The molecule has 3 heteroatoms. The van der Waals surface area contributed by atoms with Gasteiger partial charge in [0.15, 0.2) is 0 Å². The van der Waals surface area contributed by atoms with Gasteiger partial charge >= 0.3 is 0 Å². The van der Waals surface area contributed by atoms with E-state index in [-0.39, 0.29) is 5.91 Å². The van der Waals surface area contributed by atoms with E-state index in [1.54, 1.807) is 0 Å². The molecule has 3 nitrogen and oxygen atoms in total. The van der Waals surface area contributed by atoms with Crippen LogP contribution in [0.3, 0.4) is 0 Å². The zero-order chi connectivity index (χ0) is 19.1. The molecule has 1 unspecified atom stereocenters. The second-order valence-electron chi connectivity index (χ2n) is 7.11. The van der Waals surface area contributed by atoms with Crippen LogP contribution in [-0.2, 0) is 0 Å². The lowest BCUT2D eigenvalue weighted by Gasteiger charge is -2.32. The fraction of sp³-hybridized carbons (Fsp3) is 0.522. The molecule has 1 fully saturated rings. The fourth-order valence-corrected chi connectivity index (χ4v) is 3.50. The van der Waals surface area contributed by atoms with Gasteiger partial charge in [-0.2, -0.15) is 0 Å². The van der Waals surface area contributed by atoms with Crippen LogP contribution in [-0.4, -0.2) is 48.9 Å². The van der Waals surface area contributed by atoms with Crippen LogP contribution in [0.15, 0.2) is 36.4 Å². The second-order valence-corrected chi connectivity index (χ2v) is 7.11. The van der Waals surface area contributed by atoms with Crippen molar-refractivity contribution in [2.75, 3.05) is 33.2 Å². The van der Waals surface area contributed by atoms with Crippen molar-refractivity contribution in [2.45, 2.75) is 46.5 Å². The van der Waals surface area contributed by atoms with Crippen LogP contribution < -0.4 is 0 Å². The number of carbonyl (C=O) groups is 1. The largest absolute Gasteiger partial charge is 0.336 e. The molecule has 142 valence electrons. The van der Waals surface area contributed by atoms with Crippen LogP contribution in [0.25, 0.3) is 10.8 Å². The number of benzene rings is 2. The number of nitrogens with zero attached hydrogens (tertiary/aromatic N) is 2. The molecule has 2 aromatic carbocycles. The van der Waals surface area contributed by atoms with Gasteiger partial charge in [0.25, 0.3) is 5.91 Å². The number of carbonyl (C=O) groups excluding carboxylic acids is 1. The smallest absolute Gasteiger partial charge is 0.253 e. The van der Waals surface area contributed by atoms with Crippen LogP contribution in [0.2, 0.25) is 0 Å². The Morgan fingerprint density at radius 3 is 2.27 bits per heavy atom. The minimum atomic E-state index is 0.161. The van der Waals surface area contributed by atoms with Crippen molar-refractivity contribution in [3.63, 3.8) is 0 Å². The third-order valence-corrected chi connectivity index (χ3v) is 5.19. The Morgan fingerprint density at radius 2 is 1.62 bits per heavy atom. The molecule has 0 saturated carbocycles. The molecule has 1 heterocycles. The minimum absolute atomic E-state index is 0.161. The van der Waals surface area contributed by atoms with Gasteiger partial charge in [-0.05, 0) is 47.9 Å². The van der Waals surface area contributed by atoms with Gasteiger partial charge in [0, 0.05) is 31.7 Å². The SMILES string of the molecule is CC.CCCC(C)c1ccc2cc(C(=O)N3CCN(C)CC3)ccc2c1. The van der Waals surface area contributed by atoms with E-state index < -0.39 is 0 Å². The summed E-state index contributed by atoms with van der Waals surface area (Å²) in [5.41, 5.74) is 2.20. The zero-order valence-electron chi connectivity index (χ0n) is 17.1. The molecule has 3 rings (SSSR count). The monoisotopic (exact) mass is 354 g/mol. The number of piperazine rings is 1. The van der Waals surface area contributed by atoms with Gasteiger partial charge in [0.1, 0.15) is 0 Å². The first-order valence-electron chi connectivity index (χ1n) is 10.1. The van der Waals surface area contributed by atoms with Crippen LogP contribution in [0, 0.1) is 0 Å². The van der Waals surface area contributed by atoms with Crippen molar-refractivity contribution in [3.8, 4) is 0 Å².